The fourth-order valence-corrected chi connectivity index (χ4v) is 2.44. The molecule has 0 atom stereocenters. The minimum atomic E-state index is -1.82. The molecule has 0 unspecified atom stereocenters. The zero-order chi connectivity index (χ0) is 15.4. The van der Waals surface area contributed by atoms with E-state index in [1.54, 1.807) is 0 Å². The van der Waals surface area contributed by atoms with E-state index in [4.69, 9.17) is 4.43 Å². The molecule has 0 bridgehead atoms. The van der Waals surface area contributed by atoms with Crippen molar-refractivity contribution in [1.82, 2.24) is 0 Å². The van der Waals surface area contributed by atoms with E-state index in [1.165, 1.54) is 0 Å². The summed E-state index contributed by atoms with van der Waals surface area (Å²) in [6, 6.07) is 9.75. The summed E-state index contributed by atoms with van der Waals surface area (Å²) in [5, 5.41) is 0.149. The molecule has 0 aromatic heterocycles. The maximum absolute atomic E-state index is 12.1. The van der Waals surface area contributed by atoms with Crippen LogP contribution in [0, 0.1) is 0 Å². The fourth-order valence-electron chi connectivity index (χ4n) is 1.47. The van der Waals surface area contributed by atoms with Crippen molar-refractivity contribution in [1.29, 1.82) is 0 Å². The second kappa shape index (κ2) is 6.51. The monoisotopic (exact) mass is 290 g/mol. The van der Waals surface area contributed by atoms with Crippen LogP contribution in [0.15, 0.2) is 42.5 Å². The number of ketones is 1. The van der Waals surface area contributed by atoms with Gasteiger partial charge in [0, 0.05) is 12.0 Å². The highest BCUT2D eigenvalue weighted by Crippen LogP contribution is 2.36. The van der Waals surface area contributed by atoms with Gasteiger partial charge in [-0.15, -0.1) is 0 Å². The lowest BCUT2D eigenvalue weighted by atomic mass is 10.1. The standard InChI is InChI=1S/C17H26O2Si/c1-14(13-19-20(5,6)17(2,3)4)16(18)12-15-10-8-7-9-11-15/h7-11H,1,12-13H2,2-6H3. The third kappa shape index (κ3) is 4.73. The Balaban J connectivity index is 2.53. The van der Waals surface area contributed by atoms with Crippen LogP contribution in [0.2, 0.25) is 18.1 Å². The van der Waals surface area contributed by atoms with Gasteiger partial charge in [-0.25, -0.2) is 0 Å². The molecule has 20 heavy (non-hydrogen) atoms. The van der Waals surface area contributed by atoms with Gasteiger partial charge in [0.15, 0.2) is 14.1 Å². The van der Waals surface area contributed by atoms with Crippen LogP contribution < -0.4 is 0 Å². The van der Waals surface area contributed by atoms with Crippen molar-refractivity contribution >= 4 is 14.1 Å². The Morgan fingerprint density at radius 3 is 2.25 bits per heavy atom. The second-order valence-electron chi connectivity index (χ2n) is 6.74. The fraction of sp³-hybridized carbons (Fsp3) is 0.471. The molecule has 0 saturated heterocycles. The lowest BCUT2D eigenvalue weighted by Crippen LogP contribution is -2.41. The van der Waals surface area contributed by atoms with Crippen LogP contribution in [-0.4, -0.2) is 20.7 Å². The molecule has 0 radical (unpaired) electrons. The molecule has 0 aliphatic carbocycles. The second-order valence-corrected chi connectivity index (χ2v) is 11.5. The molecule has 3 heteroatoms. The first kappa shape index (κ1) is 16.9. The number of carbonyl (C=O) groups excluding carboxylic acids is 1. The molecule has 1 aromatic rings. The molecule has 110 valence electrons. The van der Waals surface area contributed by atoms with Crippen LogP contribution >= 0.6 is 0 Å². The summed E-state index contributed by atoms with van der Waals surface area (Å²) in [5.41, 5.74) is 1.59. The Bertz CT molecular complexity index is 470. The van der Waals surface area contributed by atoms with Crippen LogP contribution in [0.5, 0.6) is 0 Å². The smallest absolute Gasteiger partial charge is 0.192 e. The van der Waals surface area contributed by atoms with Gasteiger partial charge >= 0.3 is 0 Å². The van der Waals surface area contributed by atoms with Crippen LogP contribution in [0.25, 0.3) is 0 Å². The van der Waals surface area contributed by atoms with E-state index in [-0.39, 0.29) is 10.8 Å². The Labute approximate surface area is 124 Å². The SMILES string of the molecule is C=C(CO[Si](C)(C)C(C)(C)C)C(=O)Cc1ccccc1. The van der Waals surface area contributed by atoms with E-state index in [9.17, 15) is 4.79 Å². The van der Waals surface area contributed by atoms with Crippen molar-refractivity contribution in [3.8, 4) is 0 Å². The van der Waals surface area contributed by atoms with Crippen LogP contribution in [0.4, 0.5) is 0 Å². The molecule has 0 spiro atoms. The molecule has 0 N–H and O–H groups in total. The average Bonchev–Trinajstić information content (AvgIpc) is 2.35. The largest absolute Gasteiger partial charge is 0.412 e. The predicted octanol–water partition coefficient (Wildman–Crippen LogP) is 4.38. The topological polar surface area (TPSA) is 26.3 Å². The molecule has 0 amide bonds. The first-order chi connectivity index (χ1) is 9.13. The maximum atomic E-state index is 12.1. The maximum Gasteiger partial charge on any atom is 0.192 e. The Morgan fingerprint density at radius 1 is 1.20 bits per heavy atom. The summed E-state index contributed by atoms with van der Waals surface area (Å²) in [6.45, 7) is 15.2. The van der Waals surface area contributed by atoms with Gasteiger partial charge in [0.2, 0.25) is 0 Å². The zero-order valence-corrected chi connectivity index (χ0v) is 14.3. The predicted molar refractivity (Wildman–Crippen MR) is 87.4 cm³/mol. The molecule has 1 aromatic carbocycles. The van der Waals surface area contributed by atoms with Gasteiger partial charge in [0.05, 0.1) is 6.61 Å². The Morgan fingerprint density at radius 2 is 1.75 bits per heavy atom. The summed E-state index contributed by atoms with van der Waals surface area (Å²) in [7, 11) is -1.82. The highest BCUT2D eigenvalue weighted by Gasteiger charge is 2.37. The van der Waals surface area contributed by atoms with Crippen molar-refractivity contribution in [2.24, 2.45) is 0 Å². The number of hydrogen-bond acceptors (Lipinski definition) is 2. The quantitative estimate of drug-likeness (QED) is 0.574. The molecular weight excluding hydrogens is 264 g/mol. The molecule has 2 nitrogen and oxygen atoms in total. The van der Waals surface area contributed by atoms with E-state index < -0.39 is 8.32 Å². The highest BCUT2D eigenvalue weighted by atomic mass is 28.4. The van der Waals surface area contributed by atoms with Crippen molar-refractivity contribution in [3.63, 3.8) is 0 Å². The highest BCUT2D eigenvalue weighted by molar-refractivity contribution is 6.74. The van der Waals surface area contributed by atoms with Gasteiger partial charge in [-0.2, -0.15) is 0 Å². The van der Waals surface area contributed by atoms with E-state index in [2.05, 4.69) is 40.4 Å². The minimum absolute atomic E-state index is 0.0647. The summed E-state index contributed by atoms with van der Waals surface area (Å²) in [5.74, 6) is 0.0647. The van der Waals surface area contributed by atoms with Crippen molar-refractivity contribution < 1.29 is 9.22 Å². The van der Waals surface area contributed by atoms with Crippen molar-refractivity contribution in [2.75, 3.05) is 6.61 Å². The number of rotatable bonds is 6. The van der Waals surface area contributed by atoms with E-state index in [0.717, 1.165) is 5.56 Å². The summed E-state index contributed by atoms with van der Waals surface area (Å²) in [4.78, 5) is 12.1. The number of benzene rings is 1. The van der Waals surface area contributed by atoms with Gasteiger partial charge < -0.3 is 4.43 Å². The normalized spacial score (nSPS) is 12.2. The summed E-state index contributed by atoms with van der Waals surface area (Å²) < 4.78 is 6.03. The molecular formula is C17H26O2Si. The molecule has 0 fully saturated rings. The number of Topliss-reactive ketones (excluding diaryl/α,β-unsaturated/α-hetero) is 1. The van der Waals surface area contributed by atoms with Gasteiger partial charge in [-0.05, 0) is 23.7 Å². The molecule has 0 saturated carbocycles. The Kier molecular flexibility index (Phi) is 5.48. The minimum Gasteiger partial charge on any atom is -0.412 e. The summed E-state index contributed by atoms with van der Waals surface area (Å²) in [6.07, 6.45) is 0.403. The van der Waals surface area contributed by atoms with E-state index in [0.29, 0.717) is 18.6 Å². The lowest BCUT2D eigenvalue weighted by molar-refractivity contribution is -0.115. The van der Waals surface area contributed by atoms with Crippen molar-refractivity contribution in [3.05, 3.63) is 48.0 Å². The van der Waals surface area contributed by atoms with E-state index in [1.807, 2.05) is 30.3 Å². The average molecular weight is 290 g/mol. The first-order valence-electron chi connectivity index (χ1n) is 7.02. The molecule has 1 rings (SSSR count). The third-order valence-electron chi connectivity index (χ3n) is 4.02. The van der Waals surface area contributed by atoms with Crippen LogP contribution in [0.3, 0.4) is 0 Å². The Hall–Kier alpha value is -1.19. The van der Waals surface area contributed by atoms with Crippen LogP contribution in [0.1, 0.15) is 26.3 Å². The van der Waals surface area contributed by atoms with Crippen molar-refractivity contribution in [2.45, 2.75) is 45.3 Å². The van der Waals surface area contributed by atoms with Gasteiger partial charge in [-0.3, -0.25) is 4.79 Å². The van der Waals surface area contributed by atoms with Gasteiger partial charge in [0.25, 0.3) is 0 Å². The zero-order valence-electron chi connectivity index (χ0n) is 13.3. The number of hydrogen-bond donors (Lipinski definition) is 0. The molecule has 0 aliphatic heterocycles. The molecule has 0 aliphatic rings. The van der Waals surface area contributed by atoms with Gasteiger partial charge in [-0.1, -0.05) is 57.7 Å². The first-order valence-corrected chi connectivity index (χ1v) is 9.93. The molecule has 0 heterocycles. The van der Waals surface area contributed by atoms with Crippen LogP contribution in [-0.2, 0) is 15.6 Å². The van der Waals surface area contributed by atoms with Gasteiger partial charge in [0.1, 0.15) is 0 Å². The number of carbonyl (C=O) groups is 1. The summed E-state index contributed by atoms with van der Waals surface area (Å²) >= 11 is 0. The lowest BCUT2D eigenvalue weighted by Gasteiger charge is -2.36. The van der Waals surface area contributed by atoms with E-state index >= 15 is 0 Å². The third-order valence-corrected chi connectivity index (χ3v) is 8.49.